The molecule has 1 heterocycles. The van der Waals surface area contributed by atoms with Crippen LogP contribution in [0.4, 0.5) is 0 Å². The minimum absolute atomic E-state index is 0.348. The van der Waals surface area contributed by atoms with Gasteiger partial charge in [0, 0.05) is 18.6 Å². The van der Waals surface area contributed by atoms with E-state index < -0.39 is 0 Å². The van der Waals surface area contributed by atoms with E-state index in [2.05, 4.69) is 25.7 Å². The van der Waals surface area contributed by atoms with Gasteiger partial charge in [-0.15, -0.1) is 0 Å². The molecule has 0 bridgehead atoms. The van der Waals surface area contributed by atoms with Gasteiger partial charge < -0.3 is 5.73 Å². The molecule has 0 aromatic heterocycles. The Morgan fingerprint density at radius 2 is 2.08 bits per heavy atom. The van der Waals surface area contributed by atoms with Crippen molar-refractivity contribution in [3.05, 3.63) is 0 Å². The maximum atomic E-state index is 6.07. The summed E-state index contributed by atoms with van der Waals surface area (Å²) in [6.45, 7) is 9.07. The van der Waals surface area contributed by atoms with E-state index in [9.17, 15) is 0 Å². The topological polar surface area (TPSA) is 29.3 Å². The second-order valence-corrected chi connectivity index (χ2v) is 4.75. The van der Waals surface area contributed by atoms with Gasteiger partial charge >= 0.3 is 0 Å². The second kappa shape index (κ2) is 4.97. The van der Waals surface area contributed by atoms with Crippen LogP contribution in [0.1, 0.15) is 40.0 Å². The van der Waals surface area contributed by atoms with E-state index in [4.69, 9.17) is 5.73 Å². The quantitative estimate of drug-likeness (QED) is 0.725. The third kappa shape index (κ3) is 3.28. The van der Waals surface area contributed by atoms with Gasteiger partial charge in [-0.05, 0) is 32.2 Å². The van der Waals surface area contributed by atoms with Crippen molar-refractivity contribution in [1.82, 2.24) is 4.90 Å². The molecule has 2 unspecified atom stereocenters. The molecule has 0 amide bonds. The number of nitrogens with zero attached hydrogens (tertiary/aromatic N) is 1. The fraction of sp³-hybridized carbons (Fsp3) is 1.00. The van der Waals surface area contributed by atoms with Crippen LogP contribution in [-0.4, -0.2) is 30.1 Å². The number of piperidine rings is 1. The summed E-state index contributed by atoms with van der Waals surface area (Å²) >= 11 is 0. The highest BCUT2D eigenvalue weighted by atomic mass is 15.2. The number of hydrogen-bond acceptors (Lipinski definition) is 2. The zero-order valence-electron chi connectivity index (χ0n) is 9.29. The highest BCUT2D eigenvalue weighted by molar-refractivity contribution is 4.78. The highest BCUT2D eigenvalue weighted by Gasteiger charge is 2.20. The molecule has 0 spiro atoms. The van der Waals surface area contributed by atoms with Crippen molar-refractivity contribution in [2.45, 2.75) is 52.1 Å². The summed E-state index contributed by atoms with van der Waals surface area (Å²) in [5.74, 6) is 0.606. The molecule has 1 saturated heterocycles. The Bertz CT molecular complexity index is 145. The van der Waals surface area contributed by atoms with Crippen LogP contribution in [0, 0.1) is 5.92 Å². The fourth-order valence-corrected chi connectivity index (χ4v) is 1.91. The molecule has 1 aliphatic heterocycles. The zero-order valence-corrected chi connectivity index (χ0v) is 9.29. The molecule has 0 saturated carbocycles. The molecule has 0 aliphatic carbocycles. The third-order valence-corrected chi connectivity index (χ3v) is 3.24. The number of hydrogen-bond donors (Lipinski definition) is 1. The smallest absolute Gasteiger partial charge is 0.0191 e. The maximum Gasteiger partial charge on any atom is 0.0191 e. The lowest BCUT2D eigenvalue weighted by atomic mass is 10.00. The zero-order chi connectivity index (χ0) is 9.84. The third-order valence-electron chi connectivity index (χ3n) is 3.24. The summed E-state index contributed by atoms with van der Waals surface area (Å²) in [5, 5.41) is 0. The largest absolute Gasteiger partial charge is 0.326 e. The summed E-state index contributed by atoms with van der Waals surface area (Å²) in [5.41, 5.74) is 6.07. The summed E-state index contributed by atoms with van der Waals surface area (Å²) in [4.78, 5) is 2.55. The standard InChI is InChI=1S/C11H24N2/c1-9(2)11(12)8-13-7-5-4-6-10(13)3/h9-11H,4-8,12H2,1-3H3. The molecular weight excluding hydrogens is 160 g/mol. The maximum absolute atomic E-state index is 6.07. The first kappa shape index (κ1) is 11.0. The van der Waals surface area contributed by atoms with E-state index in [1.54, 1.807) is 0 Å². The summed E-state index contributed by atoms with van der Waals surface area (Å²) in [7, 11) is 0. The average Bonchev–Trinajstić information content (AvgIpc) is 2.08. The van der Waals surface area contributed by atoms with Crippen LogP contribution >= 0.6 is 0 Å². The van der Waals surface area contributed by atoms with E-state index in [-0.39, 0.29) is 0 Å². The summed E-state index contributed by atoms with van der Waals surface area (Å²) in [6, 6.07) is 1.10. The molecule has 2 nitrogen and oxygen atoms in total. The van der Waals surface area contributed by atoms with Gasteiger partial charge in [0.2, 0.25) is 0 Å². The predicted molar refractivity (Wildman–Crippen MR) is 57.7 cm³/mol. The van der Waals surface area contributed by atoms with Gasteiger partial charge in [-0.3, -0.25) is 4.90 Å². The lowest BCUT2D eigenvalue weighted by Crippen LogP contribution is -2.46. The van der Waals surface area contributed by atoms with Gasteiger partial charge in [-0.2, -0.15) is 0 Å². The minimum Gasteiger partial charge on any atom is -0.326 e. The first-order chi connectivity index (χ1) is 6.11. The summed E-state index contributed by atoms with van der Waals surface area (Å²) in [6.07, 6.45) is 4.11. The van der Waals surface area contributed by atoms with Crippen molar-refractivity contribution in [1.29, 1.82) is 0 Å². The van der Waals surface area contributed by atoms with Gasteiger partial charge in [-0.25, -0.2) is 0 Å². The molecule has 13 heavy (non-hydrogen) atoms. The first-order valence-electron chi connectivity index (χ1n) is 5.61. The van der Waals surface area contributed by atoms with Crippen molar-refractivity contribution in [3.63, 3.8) is 0 Å². The van der Waals surface area contributed by atoms with E-state index in [1.165, 1.54) is 25.8 Å². The van der Waals surface area contributed by atoms with Crippen molar-refractivity contribution < 1.29 is 0 Å². The average molecular weight is 184 g/mol. The molecular formula is C11H24N2. The van der Waals surface area contributed by atoms with Crippen LogP contribution in [0.2, 0.25) is 0 Å². The second-order valence-electron chi connectivity index (χ2n) is 4.75. The van der Waals surface area contributed by atoms with Crippen LogP contribution < -0.4 is 5.73 Å². The van der Waals surface area contributed by atoms with Gasteiger partial charge in [0.15, 0.2) is 0 Å². The number of likely N-dealkylation sites (tertiary alicyclic amines) is 1. The Labute approximate surface area is 82.5 Å². The SMILES string of the molecule is CC(C)C(N)CN1CCCCC1C. The van der Waals surface area contributed by atoms with Gasteiger partial charge in [-0.1, -0.05) is 20.3 Å². The van der Waals surface area contributed by atoms with E-state index >= 15 is 0 Å². The van der Waals surface area contributed by atoms with Gasteiger partial charge in [0.1, 0.15) is 0 Å². The molecule has 1 aliphatic rings. The van der Waals surface area contributed by atoms with Crippen LogP contribution in [0.15, 0.2) is 0 Å². The lowest BCUT2D eigenvalue weighted by molar-refractivity contribution is 0.143. The molecule has 2 atom stereocenters. The van der Waals surface area contributed by atoms with Crippen molar-refractivity contribution >= 4 is 0 Å². The Balaban J connectivity index is 2.33. The normalized spacial score (nSPS) is 27.9. The van der Waals surface area contributed by atoms with E-state index in [1.807, 2.05) is 0 Å². The fourth-order valence-electron chi connectivity index (χ4n) is 1.91. The molecule has 2 N–H and O–H groups in total. The Morgan fingerprint density at radius 1 is 1.38 bits per heavy atom. The van der Waals surface area contributed by atoms with Crippen LogP contribution in [-0.2, 0) is 0 Å². The molecule has 1 fully saturated rings. The van der Waals surface area contributed by atoms with E-state index in [0.29, 0.717) is 12.0 Å². The number of nitrogens with two attached hydrogens (primary N) is 1. The van der Waals surface area contributed by atoms with Crippen molar-refractivity contribution in [2.24, 2.45) is 11.7 Å². The van der Waals surface area contributed by atoms with Gasteiger partial charge in [0.25, 0.3) is 0 Å². The van der Waals surface area contributed by atoms with Crippen molar-refractivity contribution in [3.8, 4) is 0 Å². The summed E-state index contributed by atoms with van der Waals surface area (Å²) < 4.78 is 0. The number of rotatable bonds is 3. The molecule has 78 valence electrons. The predicted octanol–water partition coefficient (Wildman–Crippen LogP) is 1.84. The minimum atomic E-state index is 0.348. The Hall–Kier alpha value is -0.0800. The first-order valence-corrected chi connectivity index (χ1v) is 5.61. The molecule has 0 radical (unpaired) electrons. The van der Waals surface area contributed by atoms with Crippen LogP contribution in [0.25, 0.3) is 0 Å². The lowest BCUT2D eigenvalue weighted by Gasteiger charge is -2.35. The van der Waals surface area contributed by atoms with Gasteiger partial charge in [0.05, 0.1) is 0 Å². The highest BCUT2D eigenvalue weighted by Crippen LogP contribution is 2.17. The Kier molecular flexibility index (Phi) is 4.20. The van der Waals surface area contributed by atoms with Crippen LogP contribution in [0.5, 0.6) is 0 Å². The Morgan fingerprint density at radius 3 is 2.62 bits per heavy atom. The van der Waals surface area contributed by atoms with Crippen LogP contribution in [0.3, 0.4) is 0 Å². The molecule has 0 aromatic rings. The molecule has 0 aromatic carbocycles. The molecule has 2 heteroatoms. The monoisotopic (exact) mass is 184 g/mol. The van der Waals surface area contributed by atoms with Crippen molar-refractivity contribution in [2.75, 3.05) is 13.1 Å². The molecule has 1 rings (SSSR count). The van der Waals surface area contributed by atoms with E-state index in [0.717, 1.165) is 12.6 Å².